The fourth-order valence-corrected chi connectivity index (χ4v) is 5.93. The molecule has 2 N–H and O–H groups in total. The van der Waals surface area contributed by atoms with Gasteiger partial charge in [0.05, 0.1) is 20.0 Å². The molecule has 0 bridgehead atoms. The van der Waals surface area contributed by atoms with Crippen molar-refractivity contribution >= 4 is 40.2 Å². The first-order chi connectivity index (χ1) is 21.8. The van der Waals surface area contributed by atoms with E-state index in [1.165, 1.54) is 0 Å². The summed E-state index contributed by atoms with van der Waals surface area (Å²) in [5.41, 5.74) is -2.68. The standard InChI is InChI=1S/C30H44N2O14S/c1-19(34)42-18-24(31-27(37)45-29(3,4)5)25(44-20(2)35)30(26(36)43-17-21-11-9-8-10-12-21)14-13-22(32(30)28(38)41-6)15-23(16-33)46-47(7,39)40/h8-12,22-25,33H,13-18H2,1-7H3,(H,31,37)/t22-,23-,24-,25+,30-/m1/s1. The number of esters is 3. The number of amides is 2. The van der Waals surface area contributed by atoms with Gasteiger partial charge in [-0.2, -0.15) is 8.42 Å². The Labute approximate surface area is 274 Å². The lowest BCUT2D eigenvalue weighted by atomic mass is 9.84. The van der Waals surface area contributed by atoms with E-state index in [0.29, 0.717) is 5.56 Å². The molecule has 47 heavy (non-hydrogen) atoms. The number of benzene rings is 1. The van der Waals surface area contributed by atoms with Crippen LogP contribution in [0.5, 0.6) is 0 Å². The molecule has 0 spiro atoms. The number of nitrogens with zero attached hydrogens (tertiary/aromatic N) is 1. The molecular formula is C30H44N2O14S. The maximum atomic E-state index is 14.4. The van der Waals surface area contributed by atoms with Crippen molar-refractivity contribution in [3.05, 3.63) is 35.9 Å². The van der Waals surface area contributed by atoms with Gasteiger partial charge in [0.15, 0.2) is 11.6 Å². The van der Waals surface area contributed by atoms with E-state index in [0.717, 1.165) is 32.1 Å². The van der Waals surface area contributed by atoms with Gasteiger partial charge in [0.2, 0.25) is 0 Å². The molecule has 1 fully saturated rings. The number of carbonyl (C=O) groups is 5. The van der Waals surface area contributed by atoms with Gasteiger partial charge in [0.25, 0.3) is 10.1 Å². The highest BCUT2D eigenvalue weighted by molar-refractivity contribution is 7.86. The monoisotopic (exact) mass is 688 g/mol. The molecule has 16 nitrogen and oxygen atoms in total. The molecule has 1 aromatic rings. The average molecular weight is 689 g/mol. The van der Waals surface area contributed by atoms with Crippen LogP contribution in [0.25, 0.3) is 0 Å². The number of alkyl carbamates (subject to hydrolysis) is 1. The van der Waals surface area contributed by atoms with Crippen molar-refractivity contribution < 1.29 is 65.4 Å². The van der Waals surface area contributed by atoms with Gasteiger partial charge in [-0.05, 0) is 45.6 Å². The molecule has 1 saturated heterocycles. The number of likely N-dealkylation sites (tertiary alicyclic amines) is 1. The van der Waals surface area contributed by atoms with Crippen molar-refractivity contribution in [2.24, 2.45) is 0 Å². The first kappa shape index (κ1) is 39.2. The maximum absolute atomic E-state index is 14.4. The molecule has 1 aromatic carbocycles. The highest BCUT2D eigenvalue weighted by atomic mass is 32.2. The zero-order valence-corrected chi connectivity index (χ0v) is 28.4. The van der Waals surface area contributed by atoms with Crippen molar-refractivity contribution in [3.8, 4) is 0 Å². The Morgan fingerprint density at radius 2 is 1.70 bits per heavy atom. The Balaban J connectivity index is 2.78. The highest BCUT2D eigenvalue weighted by Gasteiger charge is 2.64. The zero-order valence-electron chi connectivity index (χ0n) is 27.5. The molecule has 1 aliphatic heterocycles. The molecule has 17 heteroatoms. The van der Waals surface area contributed by atoms with Crippen LogP contribution in [0.4, 0.5) is 9.59 Å². The van der Waals surface area contributed by atoms with E-state index in [1.807, 2.05) is 0 Å². The molecule has 264 valence electrons. The third kappa shape index (κ3) is 11.7. The van der Waals surface area contributed by atoms with Crippen molar-refractivity contribution in [1.82, 2.24) is 10.2 Å². The van der Waals surface area contributed by atoms with Gasteiger partial charge in [-0.3, -0.25) is 18.7 Å². The second kappa shape index (κ2) is 16.7. The number of aliphatic hydroxyl groups excluding tert-OH is 1. The average Bonchev–Trinajstić information content (AvgIpc) is 3.34. The molecule has 2 amide bonds. The number of aliphatic hydroxyl groups is 1. The Bertz CT molecular complexity index is 1360. The van der Waals surface area contributed by atoms with E-state index >= 15 is 0 Å². The van der Waals surface area contributed by atoms with E-state index in [-0.39, 0.29) is 25.9 Å². The fourth-order valence-electron chi connectivity index (χ4n) is 5.30. The summed E-state index contributed by atoms with van der Waals surface area (Å²) in [6, 6.07) is 5.98. The molecule has 0 radical (unpaired) electrons. The SMILES string of the molecule is COC(=O)N1[C@@H](C[C@H](CO)OS(C)(=O)=O)CC[C@]1(C(=O)OCc1ccccc1)[C@@H](OC(C)=O)[C@@H](COC(C)=O)NC(=O)OC(C)(C)C. The molecule has 0 aromatic heterocycles. The third-order valence-electron chi connectivity index (χ3n) is 6.94. The van der Waals surface area contributed by atoms with Crippen molar-refractivity contribution in [1.29, 1.82) is 0 Å². The molecule has 1 aliphatic rings. The minimum atomic E-state index is -4.06. The molecular weight excluding hydrogens is 644 g/mol. The van der Waals surface area contributed by atoms with Crippen LogP contribution < -0.4 is 5.32 Å². The summed E-state index contributed by atoms with van der Waals surface area (Å²) in [5, 5.41) is 12.4. The first-order valence-corrected chi connectivity index (χ1v) is 16.5. The lowest BCUT2D eigenvalue weighted by Crippen LogP contribution is -2.69. The van der Waals surface area contributed by atoms with E-state index in [9.17, 15) is 37.5 Å². The summed E-state index contributed by atoms with van der Waals surface area (Å²) in [5.74, 6) is -2.80. The molecule has 0 aliphatic carbocycles. The fraction of sp³-hybridized carbons (Fsp3) is 0.633. The number of methoxy groups -OCH3 is 1. The van der Waals surface area contributed by atoms with Crippen LogP contribution >= 0.6 is 0 Å². The maximum Gasteiger partial charge on any atom is 0.410 e. The summed E-state index contributed by atoms with van der Waals surface area (Å²) in [4.78, 5) is 66.5. The number of ether oxygens (including phenoxy) is 5. The van der Waals surface area contributed by atoms with Crippen LogP contribution in [-0.4, -0.2) is 111 Å². The van der Waals surface area contributed by atoms with Gasteiger partial charge >= 0.3 is 30.1 Å². The normalized spacial score (nSPS) is 19.9. The van der Waals surface area contributed by atoms with Gasteiger partial charge in [-0.25, -0.2) is 14.4 Å². The van der Waals surface area contributed by atoms with Crippen molar-refractivity contribution in [3.63, 3.8) is 0 Å². The van der Waals surface area contributed by atoms with Crippen molar-refractivity contribution in [2.75, 3.05) is 26.6 Å². The molecule has 5 atom stereocenters. The molecule has 2 rings (SSSR count). The van der Waals surface area contributed by atoms with Gasteiger partial charge in [0.1, 0.15) is 31.0 Å². The summed E-state index contributed by atoms with van der Waals surface area (Å²) in [6.45, 7) is 5.21. The quantitative estimate of drug-likeness (QED) is 0.162. The van der Waals surface area contributed by atoms with E-state index in [4.69, 9.17) is 27.9 Å². The first-order valence-electron chi connectivity index (χ1n) is 14.7. The predicted molar refractivity (Wildman–Crippen MR) is 163 cm³/mol. The second-order valence-corrected chi connectivity index (χ2v) is 13.5. The van der Waals surface area contributed by atoms with Gasteiger partial charge in [-0.15, -0.1) is 0 Å². The van der Waals surface area contributed by atoms with Crippen molar-refractivity contribution in [2.45, 2.75) is 95.9 Å². The highest BCUT2D eigenvalue weighted by Crippen LogP contribution is 2.43. The molecule has 1 heterocycles. The number of rotatable bonds is 14. The lowest BCUT2D eigenvalue weighted by Gasteiger charge is -2.45. The summed E-state index contributed by atoms with van der Waals surface area (Å²) in [6.07, 6.45) is -5.11. The van der Waals surface area contributed by atoms with E-state index < -0.39 is 88.9 Å². The molecule has 0 unspecified atom stereocenters. The van der Waals surface area contributed by atoms with Crippen LogP contribution in [-0.2, 0) is 59.0 Å². The topological polar surface area (TPSA) is 210 Å². The van der Waals surface area contributed by atoms with Gasteiger partial charge in [0, 0.05) is 19.9 Å². The number of hydrogen-bond donors (Lipinski definition) is 2. The Hall–Kier alpha value is -3.96. The third-order valence-corrected chi connectivity index (χ3v) is 7.56. The van der Waals surface area contributed by atoms with Crippen LogP contribution in [0.15, 0.2) is 30.3 Å². The molecule has 0 saturated carbocycles. The summed E-state index contributed by atoms with van der Waals surface area (Å²) < 4.78 is 55.8. The van der Waals surface area contributed by atoms with E-state index in [1.54, 1.807) is 51.1 Å². The Morgan fingerprint density at radius 3 is 2.21 bits per heavy atom. The Morgan fingerprint density at radius 1 is 1.06 bits per heavy atom. The summed E-state index contributed by atoms with van der Waals surface area (Å²) >= 11 is 0. The lowest BCUT2D eigenvalue weighted by molar-refractivity contribution is -0.178. The minimum absolute atomic E-state index is 0.0380. The number of hydrogen-bond acceptors (Lipinski definition) is 14. The van der Waals surface area contributed by atoms with E-state index in [2.05, 4.69) is 5.32 Å². The number of nitrogens with one attached hydrogen (secondary N) is 1. The van der Waals surface area contributed by atoms with Gasteiger partial charge < -0.3 is 34.1 Å². The van der Waals surface area contributed by atoms with Crippen LogP contribution in [0.3, 0.4) is 0 Å². The second-order valence-electron chi connectivity index (χ2n) is 11.9. The van der Waals surface area contributed by atoms with Crippen LogP contribution in [0.1, 0.15) is 59.4 Å². The minimum Gasteiger partial charge on any atom is -0.464 e. The predicted octanol–water partition coefficient (Wildman–Crippen LogP) is 1.81. The summed E-state index contributed by atoms with van der Waals surface area (Å²) in [7, 11) is -3.03. The van der Waals surface area contributed by atoms with Gasteiger partial charge in [-0.1, -0.05) is 30.3 Å². The largest absolute Gasteiger partial charge is 0.464 e. The van der Waals surface area contributed by atoms with Crippen LogP contribution in [0, 0.1) is 0 Å². The Kier molecular flexibility index (Phi) is 14.0. The smallest absolute Gasteiger partial charge is 0.410 e. The zero-order chi connectivity index (χ0) is 35.6. The number of carbonyl (C=O) groups excluding carboxylic acids is 5. The van der Waals surface area contributed by atoms with Crippen LogP contribution in [0.2, 0.25) is 0 Å².